The van der Waals surface area contributed by atoms with Gasteiger partial charge in [0.15, 0.2) is 6.29 Å². The van der Waals surface area contributed by atoms with Gasteiger partial charge in [-0.1, -0.05) is 36.4 Å². The molecule has 0 fully saturated rings. The summed E-state index contributed by atoms with van der Waals surface area (Å²) in [6.07, 6.45) is 6.09. The highest BCUT2D eigenvalue weighted by atomic mass is 16.5. The lowest BCUT2D eigenvalue weighted by Crippen LogP contribution is -2.10. The summed E-state index contributed by atoms with van der Waals surface area (Å²) in [5.41, 5.74) is 4.20. The van der Waals surface area contributed by atoms with Crippen LogP contribution in [0.3, 0.4) is 0 Å². The van der Waals surface area contributed by atoms with Gasteiger partial charge in [-0.3, -0.25) is 9.78 Å². The molecule has 0 saturated heterocycles. The van der Waals surface area contributed by atoms with E-state index in [4.69, 9.17) is 9.84 Å². The largest absolute Gasteiger partial charge is 0.487 e. The zero-order chi connectivity index (χ0) is 25.3. The van der Waals surface area contributed by atoms with Crippen molar-refractivity contribution in [2.24, 2.45) is 0 Å². The van der Waals surface area contributed by atoms with Crippen molar-refractivity contribution in [3.05, 3.63) is 115 Å². The number of aromatic nitrogens is 2. The Balaban J connectivity index is 0.000000551. The van der Waals surface area contributed by atoms with Crippen LogP contribution >= 0.6 is 0 Å². The van der Waals surface area contributed by atoms with Crippen LogP contribution in [0.4, 0.5) is 0 Å². The molecule has 0 spiro atoms. The minimum Gasteiger partial charge on any atom is -0.487 e. The van der Waals surface area contributed by atoms with E-state index in [0.717, 1.165) is 39.8 Å². The number of benzene rings is 2. The second kappa shape index (κ2) is 15.7. The molecule has 0 aliphatic carbocycles. The second-order valence-electron chi connectivity index (χ2n) is 7.13. The molecule has 4 rings (SSSR count). The Hall–Kier alpha value is -4.13. The van der Waals surface area contributed by atoms with Crippen molar-refractivity contribution in [3.8, 4) is 5.75 Å². The van der Waals surface area contributed by atoms with Gasteiger partial charge in [0.25, 0.3) is 0 Å². The van der Waals surface area contributed by atoms with E-state index < -0.39 is 0 Å². The summed E-state index contributed by atoms with van der Waals surface area (Å²) in [6, 6.07) is 23.2. The van der Waals surface area contributed by atoms with Crippen molar-refractivity contribution < 1.29 is 14.6 Å². The van der Waals surface area contributed by atoms with Crippen molar-refractivity contribution in [1.29, 1.82) is 0 Å². The summed E-state index contributed by atoms with van der Waals surface area (Å²) in [6.45, 7) is 7.31. The third-order valence-corrected chi connectivity index (χ3v) is 4.75. The van der Waals surface area contributed by atoms with Gasteiger partial charge < -0.3 is 15.2 Å². The lowest BCUT2D eigenvalue weighted by atomic mass is 10.0. The number of aliphatic hydroxyl groups is 1. The van der Waals surface area contributed by atoms with Gasteiger partial charge in [-0.2, -0.15) is 0 Å². The number of nitrogens with one attached hydrogen (secondary N) is 1. The van der Waals surface area contributed by atoms with Crippen LogP contribution in [-0.2, 0) is 11.4 Å². The van der Waals surface area contributed by atoms with Gasteiger partial charge in [0.05, 0.1) is 17.8 Å². The molecule has 2 N–H and O–H groups in total. The van der Waals surface area contributed by atoms with Crippen LogP contribution in [0.15, 0.2) is 98.3 Å². The summed E-state index contributed by atoms with van der Waals surface area (Å²) in [7, 11) is 1.80. The van der Waals surface area contributed by atoms with E-state index in [1.807, 2.05) is 78.9 Å². The van der Waals surface area contributed by atoms with Crippen LogP contribution in [0, 0.1) is 0 Å². The fraction of sp³-hybridized carbons (Fsp3) is 0.138. The molecule has 0 atom stereocenters. The number of aliphatic hydroxyl groups excluding tert-OH is 1. The van der Waals surface area contributed by atoms with Gasteiger partial charge >= 0.3 is 0 Å². The number of hydrogen-bond donors (Lipinski definition) is 2. The molecule has 0 aliphatic rings. The molecule has 35 heavy (non-hydrogen) atoms. The van der Waals surface area contributed by atoms with E-state index in [1.54, 1.807) is 19.4 Å². The average Bonchev–Trinajstić information content (AvgIpc) is 2.93. The predicted octanol–water partition coefficient (Wildman–Crippen LogP) is 4.95. The Labute approximate surface area is 206 Å². The summed E-state index contributed by atoms with van der Waals surface area (Å²) < 4.78 is 5.85. The molecule has 0 aliphatic heterocycles. The summed E-state index contributed by atoms with van der Waals surface area (Å²) in [5.74, 6) is 0.730. The Morgan fingerprint density at radius 1 is 1.00 bits per heavy atom. The Bertz CT molecular complexity index is 1190. The van der Waals surface area contributed by atoms with Crippen LogP contribution < -0.4 is 10.1 Å². The molecule has 0 bridgehead atoms. The molecular formula is C29H31N3O3. The maximum absolute atomic E-state index is 11.5. The lowest BCUT2D eigenvalue weighted by Gasteiger charge is -2.08. The van der Waals surface area contributed by atoms with E-state index in [1.165, 1.54) is 0 Å². The number of fused-ring (bicyclic) bond motifs is 1. The van der Waals surface area contributed by atoms with Crippen LogP contribution in [0.2, 0.25) is 0 Å². The van der Waals surface area contributed by atoms with E-state index in [9.17, 15) is 4.79 Å². The van der Waals surface area contributed by atoms with Crippen LogP contribution in [0.5, 0.6) is 5.75 Å². The molecule has 2 aromatic heterocycles. The molecule has 2 heterocycles. The first-order valence-corrected chi connectivity index (χ1v) is 11.1. The van der Waals surface area contributed by atoms with Gasteiger partial charge in [-0.15, -0.1) is 13.2 Å². The number of rotatable bonds is 8. The normalized spacial score (nSPS) is 10.4. The van der Waals surface area contributed by atoms with Crippen molar-refractivity contribution in [2.75, 3.05) is 20.2 Å². The Morgan fingerprint density at radius 2 is 1.71 bits per heavy atom. The number of allylic oxidation sites excluding steroid dienone is 1. The molecule has 180 valence electrons. The Morgan fingerprint density at radius 3 is 2.34 bits per heavy atom. The summed E-state index contributed by atoms with van der Waals surface area (Å²) in [4.78, 5) is 20.1. The van der Waals surface area contributed by atoms with E-state index in [0.29, 0.717) is 18.7 Å². The molecule has 0 saturated carbocycles. The fourth-order valence-electron chi connectivity index (χ4n) is 3.03. The number of carbonyl (C=O) groups is 1. The first-order valence-electron chi connectivity index (χ1n) is 11.1. The molecule has 0 amide bonds. The molecule has 0 unspecified atom stereocenters. The third kappa shape index (κ3) is 8.97. The van der Waals surface area contributed by atoms with Crippen LogP contribution in [0.1, 0.15) is 16.8 Å². The highest BCUT2D eigenvalue weighted by Crippen LogP contribution is 2.21. The first kappa shape index (κ1) is 27.1. The van der Waals surface area contributed by atoms with Gasteiger partial charge in [0.2, 0.25) is 0 Å². The standard InChI is InChI=1S/C24H18N2O2.C3H9NO.C2H4/c27-16-21(15-18-11-13-25-14-12-18)19-6-9-23(10-7-19)28-17-22-8-5-20-3-1-2-4-24(20)26-22;1-4-2-3-5;1-2/h1-16H,17H2;4-5H,2-3H2,1H3;1-2H2/b21-15-;;. The number of likely N-dealkylation sites (N-methyl/N-ethyl adjacent to an activating group) is 1. The van der Waals surface area contributed by atoms with Gasteiger partial charge in [-0.05, 0) is 60.6 Å². The number of hydrogen-bond acceptors (Lipinski definition) is 6. The highest BCUT2D eigenvalue weighted by Gasteiger charge is 2.03. The topological polar surface area (TPSA) is 84.3 Å². The zero-order valence-corrected chi connectivity index (χ0v) is 19.9. The van der Waals surface area contributed by atoms with E-state index in [-0.39, 0.29) is 6.61 Å². The number of para-hydroxylation sites is 1. The van der Waals surface area contributed by atoms with Crippen molar-refractivity contribution in [1.82, 2.24) is 15.3 Å². The van der Waals surface area contributed by atoms with E-state index >= 15 is 0 Å². The number of aldehydes is 1. The first-order chi connectivity index (χ1) is 17.2. The summed E-state index contributed by atoms with van der Waals surface area (Å²) in [5, 5.41) is 11.9. The van der Waals surface area contributed by atoms with Gasteiger partial charge in [0.1, 0.15) is 12.4 Å². The number of nitrogens with zero attached hydrogens (tertiary/aromatic N) is 2. The monoisotopic (exact) mass is 469 g/mol. The second-order valence-corrected chi connectivity index (χ2v) is 7.13. The number of ether oxygens (including phenoxy) is 1. The number of carbonyl (C=O) groups excluding carboxylic acids is 1. The van der Waals surface area contributed by atoms with Crippen molar-refractivity contribution in [2.45, 2.75) is 6.61 Å². The van der Waals surface area contributed by atoms with Crippen molar-refractivity contribution in [3.63, 3.8) is 0 Å². The summed E-state index contributed by atoms with van der Waals surface area (Å²) >= 11 is 0. The smallest absolute Gasteiger partial charge is 0.150 e. The van der Waals surface area contributed by atoms with E-state index in [2.05, 4.69) is 28.4 Å². The molecule has 2 aromatic carbocycles. The van der Waals surface area contributed by atoms with Gasteiger partial charge in [-0.25, -0.2) is 4.98 Å². The fourth-order valence-corrected chi connectivity index (χ4v) is 3.03. The molecular weight excluding hydrogens is 438 g/mol. The minimum absolute atomic E-state index is 0.233. The highest BCUT2D eigenvalue weighted by molar-refractivity contribution is 6.13. The average molecular weight is 470 g/mol. The maximum Gasteiger partial charge on any atom is 0.150 e. The Kier molecular flexibility index (Phi) is 12.1. The third-order valence-electron chi connectivity index (χ3n) is 4.75. The molecule has 4 aromatic rings. The molecule has 0 radical (unpaired) electrons. The lowest BCUT2D eigenvalue weighted by molar-refractivity contribution is -0.103. The predicted molar refractivity (Wildman–Crippen MR) is 143 cm³/mol. The molecule has 6 nitrogen and oxygen atoms in total. The quantitative estimate of drug-likeness (QED) is 0.216. The van der Waals surface area contributed by atoms with Gasteiger partial charge in [0, 0.05) is 29.9 Å². The maximum atomic E-state index is 11.5. The SMILES string of the molecule is C=C.CNCCO.O=C/C(=C/c1ccncc1)c1ccc(OCc2ccc3ccccc3n2)cc1. The van der Waals surface area contributed by atoms with Crippen LogP contribution in [0.25, 0.3) is 22.6 Å². The number of pyridine rings is 2. The zero-order valence-electron chi connectivity index (χ0n) is 19.9. The van der Waals surface area contributed by atoms with Crippen molar-refractivity contribution >= 4 is 28.8 Å². The molecule has 6 heteroatoms. The minimum atomic E-state index is 0.233. The van der Waals surface area contributed by atoms with Crippen LogP contribution in [-0.4, -0.2) is 41.6 Å².